The molecule has 2 amide bonds. The van der Waals surface area contributed by atoms with Gasteiger partial charge in [0.15, 0.2) is 0 Å². The summed E-state index contributed by atoms with van der Waals surface area (Å²) < 4.78 is 4.99. The molecule has 1 rings (SSSR count). The molecule has 1 heterocycles. The van der Waals surface area contributed by atoms with E-state index in [2.05, 4.69) is 19.2 Å². The normalized spacial score (nSPS) is 19.3. The van der Waals surface area contributed by atoms with Crippen molar-refractivity contribution in [3.05, 3.63) is 0 Å². The summed E-state index contributed by atoms with van der Waals surface area (Å²) in [7, 11) is 1.66. The van der Waals surface area contributed by atoms with Crippen LogP contribution in [0.15, 0.2) is 0 Å². The lowest BCUT2D eigenvalue weighted by Crippen LogP contribution is -2.42. The maximum atomic E-state index is 11.7. The summed E-state index contributed by atoms with van der Waals surface area (Å²) in [6.07, 6.45) is 3.15. The highest BCUT2D eigenvalue weighted by molar-refractivity contribution is 5.77. The van der Waals surface area contributed by atoms with Gasteiger partial charge in [0.05, 0.1) is 12.1 Å². The molecule has 21 heavy (non-hydrogen) atoms. The molecule has 0 radical (unpaired) electrons. The molecular formula is C17H40N2O2. The Morgan fingerprint density at radius 1 is 1.14 bits per heavy atom. The molecule has 4 nitrogen and oxygen atoms in total. The van der Waals surface area contributed by atoms with Gasteiger partial charge in [0.25, 0.3) is 0 Å². The lowest BCUT2D eigenvalue weighted by molar-refractivity contribution is 0.158. The third-order valence-electron chi connectivity index (χ3n) is 3.12. The number of carbonyl (C=O) groups is 1. The lowest BCUT2D eigenvalue weighted by atomic mass is 9.92. The monoisotopic (exact) mass is 304 g/mol. The van der Waals surface area contributed by atoms with Crippen LogP contribution >= 0.6 is 0 Å². The molecule has 0 bridgehead atoms. The second-order valence-corrected chi connectivity index (χ2v) is 4.23. The third-order valence-corrected chi connectivity index (χ3v) is 3.12. The maximum Gasteiger partial charge on any atom is 0.318 e. The van der Waals surface area contributed by atoms with Crippen molar-refractivity contribution in [2.24, 2.45) is 0 Å². The van der Waals surface area contributed by atoms with Gasteiger partial charge >= 0.3 is 6.03 Å². The Bertz CT molecular complexity index is 223. The fraction of sp³-hybridized carbons (Fsp3) is 0.941. The van der Waals surface area contributed by atoms with Crippen LogP contribution in [0.4, 0.5) is 4.79 Å². The Balaban J connectivity index is -0.000000478. The fourth-order valence-electron chi connectivity index (χ4n) is 2.16. The third kappa shape index (κ3) is 9.72. The van der Waals surface area contributed by atoms with E-state index in [4.69, 9.17) is 4.74 Å². The zero-order valence-corrected chi connectivity index (χ0v) is 16.0. The van der Waals surface area contributed by atoms with Crippen LogP contribution in [0.1, 0.15) is 74.7 Å². The van der Waals surface area contributed by atoms with Crippen LogP contribution in [-0.2, 0) is 4.74 Å². The minimum Gasteiger partial charge on any atom is -0.383 e. The van der Waals surface area contributed by atoms with E-state index in [9.17, 15) is 4.79 Å². The Kier molecular flexibility index (Phi) is 20.7. The first-order valence-electron chi connectivity index (χ1n) is 8.73. The van der Waals surface area contributed by atoms with Crippen molar-refractivity contribution < 1.29 is 9.53 Å². The Labute approximate surface area is 133 Å². The van der Waals surface area contributed by atoms with E-state index in [0.29, 0.717) is 13.2 Å². The van der Waals surface area contributed by atoms with Crippen molar-refractivity contribution in [3.63, 3.8) is 0 Å². The molecule has 1 N–H and O–H groups in total. The molecule has 130 valence electrons. The zero-order valence-electron chi connectivity index (χ0n) is 16.0. The smallest absolute Gasteiger partial charge is 0.318 e. The number of nitrogens with one attached hydrogen (secondary N) is 1. The van der Waals surface area contributed by atoms with Gasteiger partial charge in [-0.3, -0.25) is 0 Å². The van der Waals surface area contributed by atoms with Gasteiger partial charge in [-0.2, -0.15) is 0 Å². The number of urea groups is 1. The number of hydrogen-bond acceptors (Lipinski definition) is 2. The van der Waals surface area contributed by atoms with Crippen LogP contribution in [0, 0.1) is 0 Å². The summed E-state index contributed by atoms with van der Waals surface area (Å²) in [5.41, 5.74) is -0.000422. The average Bonchev–Trinajstić information content (AvgIpc) is 2.88. The van der Waals surface area contributed by atoms with Crippen molar-refractivity contribution in [3.8, 4) is 0 Å². The minimum atomic E-state index is -0.000422. The number of methoxy groups -OCH3 is 1. The number of nitrogens with zero attached hydrogens (tertiary/aromatic N) is 1. The molecule has 1 aliphatic heterocycles. The summed E-state index contributed by atoms with van der Waals surface area (Å²) >= 11 is 0. The quantitative estimate of drug-likeness (QED) is 0.773. The van der Waals surface area contributed by atoms with Gasteiger partial charge in [-0.25, -0.2) is 4.79 Å². The first kappa shape index (κ1) is 25.2. The predicted molar refractivity (Wildman–Crippen MR) is 94.0 cm³/mol. The van der Waals surface area contributed by atoms with Crippen LogP contribution in [0.25, 0.3) is 0 Å². The van der Waals surface area contributed by atoms with E-state index < -0.39 is 0 Å². The standard InChI is InChI=1S/C11H22N2O2.3C2H6/c1-4-6-11(5-2)9-13(7-8-15-3)10(14)12-11;3*1-2/h4-9H2,1-3H3,(H,12,14);3*1-2H3. The SMILES string of the molecule is CC.CC.CC.CCCC1(CC)CN(CCOC)C(=O)N1. The molecule has 1 aliphatic rings. The second-order valence-electron chi connectivity index (χ2n) is 4.23. The number of rotatable bonds is 6. The highest BCUT2D eigenvalue weighted by atomic mass is 16.5. The number of hydrogen-bond donors (Lipinski definition) is 1. The first-order valence-corrected chi connectivity index (χ1v) is 8.73. The molecule has 1 fully saturated rings. The Morgan fingerprint density at radius 2 is 1.67 bits per heavy atom. The molecule has 0 spiro atoms. The summed E-state index contributed by atoms with van der Waals surface area (Å²) in [6.45, 7) is 18.4. The van der Waals surface area contributed by atoms with Crippen LogP contribution < -0.4 is 5.32 Å². The van der Waals surface area contributed by atoms with Crippen molar-refractivity contribution in [1.82, 2.24) is 10.2 Å². The van der Waals surface area contributed by atoms with E-state index >= 15 is 0 Å². The topological polar surface area (TPSA) is 41.6 Å². The molecule has 0 saturated carbocycles. The first-order chi connectivity index (χ1) is 10.2. The van der Waals surface area contributed by atoms with E-state index in [-0.39, 0.29) is 11.6 Å². The molecule has 0 aliphatic carbocycles. The van der Waals surface area contributed by atoms with Gasteiger partial charge < -0.3 is 15.0 Å². The molecule has 0 aromatic heterocycles. The summed E-state index contributed by atoms with van der Waals surface area (Å²) in [5, 5.41) is 3.11. The molecule has 1 unspecified atom stereocenters. The summed E-state index contributed by atoms with van der Waals surface area (Å²) in [4.78, 5) is 13.5. The van der Waals surface area contributed by atoms with Crippen LogP contribution in [-0.4, -0.2) is 43.3 Å². The predicted octanol–water partition coefficient (Wildman–Crippen LogP) is 4.69. The zero-order chi connectivity index (χ0) is 17.3. The van der Waals surface area contributed by atoms with Gasteiger partial charge in [-0.1, -0.05) is 61.8 Å². The summed E-state index contributed by atoms with van der Waals surface area (Å²) in [5.74, 6) is 0. The van der Waals surface area contributed by atoms with E-state index in [1.165, 1.54) is 0 Å². The van der Waals surface area contributed by atoms with Gasteiger partial charge in [0.2, 0.25) is 0 Å². The van der Waals surface area contributed by atoms with Crippen LogP contribution in [0.5, 0.6) is 0 Å². The number of amides is 2. The van der Waals surface area contributed by atoms with E-state index in [0.717, 1.165) is 25.8 Å². The van der Waals surface area contributed by atoms with E-state index in [1.54, 1.807) is 7.11 Å². The molecule has 1 atom stereocenters. The van der Waals surface area contributed by atoms with Crippen LogP contribution in [0.3, 0.4) is 0 Å². The largest absolute Gasteiger partial charge is 0.383 e. The average molecular weight is 305 g/mol. The molecule has 0 aromatic carbocycles. The van der Waals surface area contributed by atoms with Crippen molar-refractivity contribution in [1.29, 1.82) is 0 Å². The number of ether oxygens (including phenoxy) is 1. The molecule has 0 aromatic rings. The van der Waals surface area contributed by atoms with Gasteiger partial charge in [-0.15, -0.1) is 0 Å². The van der Waals surface area contributed by atoms with Crippen LogP contribution in [0.2, 0.25) is 0 Å². The summed E-state index contributed by atoms with van der Waals surface area (Å²) in [6, 6.07) is 0.0577. The Hall–Kier alpha value is -0.770. The van der Waals surface area contributed by atoms with Gasteiger partial charge in [-0.05, 0) is 12.8 Å². The van der Waals surface area contributed by atoms with Crippen molar-refractivity contribution in [2.45, 2.75) is 80.2 Å². The number of carbonyl (C=O) groups excluding carboxylic acids is 1. The lowest BCUT2D eigenvalue weighted by Gasteiger charge is -2.26. The highest BCUT2D eigenvalue weighted by Crippen LogP contribution is 2.24. The van der Waals surface area contributed by atoms with Gasteiger partial charge in [0.1, 0.15) is 0 Å². The molecule has 4 heteroatoms. The van der Waals surface area contributed by atoms with Gasteiger partial charge in [0, 0.05) is 20.2 Å². The Morgan fingerprint density at radius 3 is 2.05 bits per heavy atom. The second kappa shape index (κ2) is 17.3. The fourth-order valence-corrected chi connectivity index (χ4v) is 2.16. The molecular weight excluding hydrogens is 264 g/mol. The highest BCUT2D eigenvalue weighted by Gasteiger charge is 2.39. The molecule has 1 saturated heterocycles. The maximum absolute atomic E-state index is 11.7. The van der Waals surface area contributed by atoms with Crippen molar-refractivity contribution in [2.75, 3.05) is 26.8 Å². The minimum absolute atomic E-state index is 0.000422. The van der Waals surface area contributed by atoms with E-state index in [1.807, 2.05) is 46.4 Å². The van der Waals surface area contributed by atoms with Crippen molar-refractivity contribution >= 4 is 6.03 Å².